The number of aryl methyl sites for hydroxylation is 2. The first-order valence-corrected chi connectivity index (χ1v) is 8.82. The Labute approximate surface area is 175 Å². The first-order chi connectivity index (χ1) is 12.3. The summed E-state index contributed by atoms with van der Waals surface area (Å²) in [6, 6.07) is 13.2. The summed E-state index contributed by atoms with van der Waals surface area (Å²) in [5.74, 6) is 0.957. The van der Waals surface area contributed by atoms with E-state index in [9.17, 15) is 0 Å². The van der Waals surface area contributed by atoms with Gasteiger partial charge in [0.15, 0.2) is 0 Å². The molecule has 0 aliphatic heterocycles. The fourth-order valence-electron chi connectivity index (χ4n) is 3.28. The zero-order valence-electron chi connectivity index (χ0n) is 16.4. The molecule has 0 saturated heterocycles. The van der Waals surface area contributed by atoms with Gasteiger partial charge in [0.05, 0.1) is 17.9 Å². The Morgan fingerprint density at radius 3 is 2.41 bits per heavy atom. The summed E-state index contributed by atoms with van der Waals surface area (Å²) in [5.41, 5.74) is 6.76. The Balaban J connectivity index is 0.00000261. The van der Waals surface area contributed by atoms with Crippen molar-refractivity contribution in [3.63, 3.8) is 0 Å². The molecule has 3 rings (SSSR count). The van der Waals surface area contributed by atoms with Crippen molar-refractivity contribution in [1.82, 2.24) is 9.55 Å². The molecule has 0 unspecified atom stereocenters. The summed E-state index contributed by atoms with van der Waals surface area (Å²) in [4.78, 5) is 8.07. The van der Waals surface area contributed by atoms with E-state index in [1.165, 1.54) is 22.4 Å². The van der Waals surface area contributed by atoms with E-state index < -0.39 is 0 Å². The van der Waals surface area contributed by atoms with Gasteiger partial charge >= 0.3 is 0 Å². The SMILES string of the molecule is [C-]#[N+]c1cc[c-]c(Cc2nccn2-c2c(C)cc(C(C)(C)C)cc2C)c1.[Ir]. The van der Waals surface area contributed by atoms with Crippen LogP contribution in [0.4, 0.5) is 5.69 Å². The second-order valence-electron chi connectivity index (χ2n) is 7.78. The predicted octanol–water partition coefficient (Wildman–Crippen LogP) is 5.73. The van der Waals surface area contributed by atoms with Crippen molar-refractivity contribution in [2.75, 3.05) is 0 Å². The number of hydrogen-bond donors (Lipinski definition) is 0. The molecule has 1 aromatic heterocycles. The molecule has 0 aliphatic carbocycles. The molecule has 0 aliphatic rings. The first-order valence-electron chi connectivity index (χ1n) is 8.82. The minimum absolute atomic E-state index is 0. The Hall–Kier alpha value is -2.21. The van der Waals surface area contributed by atoms with Gasteiger partial charge in [-0.3, -0.25) is 4.85 Å². The molecular weight excluding hydrogens is 510 g/mol. The van der Waals surface area contributed by atoms with Gasteiger partial charge in [0.1, 0.15) is 5.82 Å². The number of benzene rings is 2. The van der Waals surface area contributed by atoms with Crippen LogP contribution >= 0.6 is 0 Å². The first kappa shape index (κ1) is 21.1. The summed E-state index contributed by atoms with van der Waals surface area (Å²) in [6.07, 6.45) is 4.50. The number of rotatable bonds is 3. The average Bonchev–Trinajstić information content (AvgIpc) is 3.01. The maximum absolute atomic E-state index is 7.18. The third kappa shape index (κ3) is 4.56. The minimum atomic E-state index is 0. The zero-order chi connectivity index (χ0) is 18.9. The standard InChI is InChI=1S/C23H24N3.Ir/c1-16-12-19(23(3,4)5)13-17(2)22(16)26-11-10-25-21(26)15-18-8-7-9-20(14-18)24-6;/h7,9-14H,15H2,1-5H3;/q-1;. The second-order valence-corrected chi connectivity index (χ2v) is 7.78. The van der Waals surface area contributed by atoms with Crippen LogP contribution in [0.2, 0.25) is 0 Å². The molecule has 3 nitrogen and oxygen atoms in total. The molecule has 0 fully saturated rings. The van der Waals surface area contributed by atoms with Crippen LogP contribution in [-0.4, -0.2) is 9.55 Å². The fraction of sp³-hybridized carbons (Fsp3) is 0.304. The molecule has 27 heavy (non-hydrogen) atoms. The number of aromatic nitrogens is 2. The van der Waals surface area contributed by atoms with E-state index in [0.29, 0.717) is 12.1 Å². The van der Waals surface area contributed by atoms with Gasteiger partial charge in [0.25, 0.3) is 0 Å². The van der Waals surface area contributed by atoms with E-state index in [1.807, 2.05) is 24.5 Å². The Kier molecular flexibility index (Phi) is 6.42. The van der Waals surface area contributed by atoms with Crippen LogP contribution in [0.15, 0.2) is 42.7 Å². The van der Waals surface area contributed by atoms with Gasteiger partial charge in [-0.2, -0.15) is 29.8 Å². The van der Waals surface area contributed by atoms with Crippen LogP contribution in [-0.2, 0) is 31.9 Å². The minimum Gasteiger partial charge on any atom is -0.303 e. The molecule has 0 atom stereocenters. The number of imidazole rings is 1. The van der Waals surface area contributed by atoms with Crippen LogP contribution in [0, 0.1) is 26.5 Å². The summed E-state index contributed by atoms with van der Waals surface area (Å²) in [7, 11) is 0. The normalized spacial score (nSPS) is 11.0. The van der Waals surface area contributed by atoms with Crippen molar-refractivity contribution < 1.29 is 20.1 Å². The molecule has 0 amide bonds. The van der Waals surface area contributed by atoms with Gasteiger partial charge in [-0.25, -0.2) is 4.98 Å². The summed E-state index contributed by atoms with van der Waals surface area (Å²) < 4.78 is 2.16. The van der Waals surface area contributed by atoms with Crippen LogP contribution < -0.4 is 0 Å². The molecule has 1 radical (unpaired) electrons. The van der Waals surface area contributed by atoms with Crippen molar-refractivity contribution in [1.29, 1.82) is 0 Å². The van der Waals surface area contributed by atoms with E-state index in [2.05, 4.69) is 67.2 Å². The molecule has 1 heterocycles. The van der Waals surface area contributed by atoms with Gasteiger partial charge in [-0.1, -0.05) is 32.9 Å². The van der Waals surface area contributed by atoms with E-state index in [0.717, 1.165) is 11.4 Å². The van der Waals surface area contributed by atoms with Gasteiger partial charge in [0, 0.05) is 38.9 Å². The Bertz CT molecular complexity index is 964. The van der Waals surface area contributed by atoms with Gasteiger partial charge in [-0.15, -0.1) is 0 Å². The smallest absolute Gasteiger partial charge is 0.115 e. The van der Waals surface area contributed by atoms with E-state index in [-0.39, 0.29) is 25.5 Å². The quantitative estimate of drug-likeness (QED) is 0.394. The van der Waals surface area contributed by atoms with Crippen molar-refractivity contribution in [3.8, 4) is 5.69 Å². The molecule has 0 bridgehead atoms. The average molecular weight is 535 g/mol. The molecule has 2 aromatic carbocycles. The summed E-state index contributed by atoms with van der Waals surface area (Å²) in [5, 5.41) is 0. The molecule has 0 saturated carbocycles. The molecule has 141 valence electrons. The fourth-order valence-corrected chi connectivity index (χ4v) is 3.28. The molecular formula is C23H24IrN3-. The Morgan fingerprint density at radius 2 is 1.81 bits per heavy atom. The maximum atomic E-state index is 7.18. The predicted molar refractivity (Wildman–Crippen MR) is 106 cm³/mol. The van der Waals surface area contributed by atoms with Crippen LogP contribution in [0.5, 0.6) is 0 Å². The number of nitrogens with zero attached hydrogens (tertiary/aromatic N) is 3. The van der Waals surface area contributed by atoms with Gasteiger partial charge in [-0.05, 0) is 36.0 Å². The zero-order valence-corrected chi connectivity index (χ0v) is 18.8. The van der Waals surface area contributed by atoms with Crippen LogP contribution in [0.25, 0.3) is 10.5 Å². The van der Waals surface area contributed by atoms with E-state index in [1.54, 1.807) is 6.07 Å². The van der Waals surface area contributed by atoms with Crippen molar-refractivity contribution >= 4 is 5.69 Å². The van der Waals surface area contributed by atoms with E-state index in [4.69, 9.17) is 6.57 Å². The van der Waals surface area contributed by atoms with Crippen LogP contribution in [0.1, 0.15) is 48.8 Å². The topological polar surface area (TPSA) is 22.2 Å². The number of hydrogen-bond acceptors (Lipinski definition) is 1. The van der Waals surface area contributed by atoms with Crippen molar-refractivity contribution in [2.24, 2.45) is 0 Å². The third-order valence-corrected chi connectivity index (χ3v) is 4.64. The summed E-state index contributed by atoms with van der Waals surface area (Å²) >= 11 is 0. The molecule has 0 spiro atoms. The van der Waals surface area contributed by atoms with Crippen molar-refractivity contribution in [3.05, 3.63) is 88.3 Å². The van der Waals surface area contributed by atoms with Crippen LogP contribution in [0.3, 0.4) is 0 Å². The monoisotopic (exact) mass is 535 g/mol. The van der Waals surface area contributed by atoms with Crippen molar-refractivity contribution in [2.45, 2.75) is 46.5 Å². The molecule has 4 heteroatoms. The van der Waals surface area contributed by atoms with Gasteiger partial charge < -0.3 is 4.57 Å². The second kappa shape index (κ2) is 8.21. The van der Waals surface area contributed by atoms with Gasteiger partial charge in [0.2, 0.25) is 0 Å². The molecule has 3 aromatic rings. The molecule has 0 N–H and O–H groups in total. The maximum Gasteiger partial charge on any atom is 0.115 e. The Morgan fingerprint density at radius 1 is 1.15 bits per heavy atom. The third-order valence-electron chi connectivity index (χ3n) is 4.64. The summed E-state index contributed by atoms with van der Waals surface area (Å²) in [6.45, 7) is 18.2. The largest absolute Gasteiger partial charge is 0.303 e. The van der Waals surface area contributed by atoms with E-state index >= 15 is 0 Å².